The van der Waals surface area contributed by atoms with Gasteiger partial charge in [0.1, 0.15) is 17.9 Å². The highest BCUT2D eigenvalue weighted by atomic mass is 19.1. The van der Waals surface area contributed by atoms with Crippen molar-refractivity contribution in [3.63, 3.8) is 0 Å². The van der Waals surface area contributed by atoms with Crippen LogP contribution < -0.4 is 10.6 Å². The summed E-state index contributed by atoms with van der Waals surface area (Å²) in [5, 5.41) is 11.0. The number of hydrogen-bond donors (Lipinski definition) is 2. The molecule has 2 heterocycles. The summed E-state index contributed by atoms with van der Waals surface area (Å²) >= 11 is 0. The number of ether oxygens (including phenoxy) is 1. The number of amides is 2. The molecular weight excluding hydrogens is 461 g/mol. The molecule has 4 rings (SSSR count). The largest absolute Gasteiger partial charge is 0.375 e. The summed E-state index contributed by atoms with van der Waals surface area (Å²) < 4.78 is 21.7. The number of pyridine rings is 1. The highest BCUT2D eigenvalue weighted by Crippen LogP contribution is 2.34. The monoisotopic (exact) mass is 495 g/mol. The Balaban J connectivity index is 1.56. The maximum atomic E-state index is 15.1. The van der Waals surface area contributed by atoms with Crippen LogP contribution in [0.3, 0.4) is 0 Å². The summed E-state index contributed by atoms with van der Waals surface area (Å²) in [6, 6.07) is 5.19. The lowest BCUT2D eigenvalue weighted by Crippen LogP contribution is -2.42. The van der Waals surface area contributed by atoms with Crippen molar-refractivity contribution in [1.82, 2.24) is 20.1 Å². The second-order valence-electron chi connectivity index (χ2n) is 9.95. The molecule has 2 unspecified atom stereocenters. The average molecular weight is 496 g/mol. The summed E-state index contributed by atoms with van der Waals surface area (Å²) in [6.07, 6.45) is 4.70. The van der Waals surface area contributed by atoms with E-state index in [1.54, 1.807) is 16.9 Å². The molecule has 2 amide bonds. The SMILES string of the molecule is COCC(=O)NC1CCCC(C(=O)Nc2cc(-c3cc(F)c4nn(C)c(C(C)C)c4c3)c(C)cn2)C1. The van der Waals surface area contributed by atoms with Gasteiger partial charge in [0.05, 0.1) is 0 Å². The van der Waals surface area contributed by atoms with Crippen molar-refractivity contribution in [2.75, 3.05) is 19.0 Å². The third-order valence-corrected chi connectivity index (χ3v) is 6.84. The maximum Gasteiger partial charge on any atom is 0.246 e. The fourth-order valence-corrected chi connectivity index (χ4v) is 5.21. The fraction of sp³-hybridized carbons (Fsp3) is 0.481. The number of fused-ring (bicyclic) bond motifs is 1. The number of halogens is 1. The van der Waals surface area contributed by atoms with Crippen molar-refractivity contribution in [2.45, 2.75) is 58.4 Å². The molecule has 0 spiro atoms. The third-order valence-electron chi connectivity index (χ3n) is 6.84. The molecule has 2 atom stereocenters. The fourth-order valence-electron chi connectivity index (χ4n) is 5.21. The van der Waals surface area contributed by atoms with Crippen LogP contribution in [0.1, 0.15) is 56.7 Å². The van der Waals surface area contributed by atoms with Crippen molar-refractivity contribution in [3.8, 4) is 11.1 Å². The van der Waals surface area contributed by atoms with Crippen LogP contribution in [0, 0.1) is 18.7 Å². The van der Waals surface area contributed by atoms with E-state index in [1.165, 1.54) is 13.2 Å². The van der Waals surface area contributed by atoms with Crippen LogP contribution in [0.15, 0.2) is 24.4 Å². The van der Waals surface area contributed by atoms with Gasteiger partial charge in [-0.1, -0.05) is 20.3 Å². The number of aromatic nitrogens is 3. The predicted octanol–water partition coefficient (Wildman–Crippen LogP) is 4.47. The number of carbonyl (C=O) groups excluding carboxylic acids is 2. The first kappa shape index (κ1) is 25.8. The van der Waals surface area contributed by atoms with Crippen molar-refractivity contribution in [1.29, 1.82) is 0 Å². The molecule has 192 valence electrons. The van der Waals surface area contributed by atoms with E-state index in [4.69, 9.17) is 4.74 Å². The van der Waals surface area contributed by atoms with Crippen molar-refractivity contribution >= 4 is 28.5 Å². The molecule has 0 bridgehead atoms. The van der Waals surface area contributed by atoms with Crippen molar-refractivity contribution < 1.29 is 18.7 Å². The Kier molecular flexibility index (Phi) is 7.68. The number of hydrogen-bond acceptors (Lipinski definition) is 5. The van der Waals surface area contributed by atoms with Gasteiger partial charge in [-0.05, 0) is 67.0 Å². The highest BCUT2D eigenvalue weighted by molar-refractivity contribution is 5.93. The summed E-state index contributed by atoms with van der Waals surface area (Å²) in [5.74, 6) is -0.305. The van der Waals surface area contributed by atoms with Crippen LogP contribution >= 0.6 is 0 Å². The molecular formula is C27H34FN5O3. The molecule has 1 aliphatic carbocycles. The second kappa shape index (κ2) is 10.7. The average Bonchev–Trinajstić information content (AvgIpc) is 3.17. The normalized spacial score (nSPS) is 18.0. The molecule has 0 saturated heterocycles. The smallest absolute Gasteiger partial charge is 0.246 e. The summed E-state index contributed by atoms with van der Waals surface area (Å²) in [6.45, 7) is 6.04. The molecule has 9 heteroatoms. The lowest BCUT2D eigenvalue weighted by molar-refractivity contribution is -0.127. The Morgan fingerprint density at radius 3 is 2.75 bits per heavy atom. The van der Waals surface area contributed by atoms with E-state index >= 15 is 4.39 Å². The van der Waals surface area contributed by atoms with Gasteiger partial charge in [0.2, 0.25) is 11.8 Å². The Morgan fingerprint density at radius 1 is 1.25 bits per heavy atom. The Bertz CT molecular complexity index is 1290. The molecule has 8 nitrogen and oxygen atoms in total. The third kappa shape index (κ3) is 5.41. The van der Waals surface area contributed by atoms with E-state index in [2.05, 4.69) is 34.6 Å². The van der Waals surface area contributed by atoms with Gasteiger partial charge in [-0.25, -0.2) is 9.37 Å². The molecule has 1 saturated carbocycles. The maximum absolute atomic E-state index is 15.1. The summed E-state index contributed by atoms with van der Waals surface area (Å²) in [4.78, 5) is 29.3. The van der Waals surface area contributed by atoms with E-state index < -0.39 is 0 Å². The molecule has 36 heavy (non-hydrogen) atoms. The van der Waals surface area contributed by atoms with Gasteiger partial charge in [-0.3, -0.25) is 14.3 Å². The number of benzene rings is 1. The van der Waals surface area contributed by atoms with E-state index in [0.717, 1.165) is 41.5 Å². The zero-order valence-corrected chi connectivity index (χ0v) is 21.5. The minimum atomic E-state index is -0.379. The van der Waals surface area contributed by atoms with Gasteiger partial charge in [0.15, 0.2) is 5.82 Å². The number of aryl methyl sites for hydroxylation is 2. The first-order valence-corrected chi connectivity index (χ1v) is 12.4. The first-order chi connectivity index (χ1) is 17.2. The molecule has 2 aromatic heterocycles. The second-order valence-corrected chi connectivity index (χ2v) is 9.95. The number of methoxy groups -OCH3 is 1. The zero-order chi connectivity index (χ0) is 26.0. The number of anilines is 1. The summed E-state index contributed by atoms with van der Waals surface area (Å²) in [7, 11) is 3.31. The molecule has 3 aromatic rings. The minimum absolute atomic E-state index is 0.00746. The van der Waals surface area contributed by atoms with Gasteiger partial charge in [-0.15, -0.1) is 0 Å². The van der Waals surface area contributed by atoms with Crippen LogP contribution in [-0.2, 0) is 21.4 Å². The predicted molar refractivity (Wildman–Crippen MR) is 137 cm³/mol. The standard InChI is InChI=1S/C27H34FN5O3/c1-15(2)26-21-10-18(11-22(28)25(21)32-33(26)4)20-12-23(29-13-16(20)3)31-27(35)17-7-6-8-19(9-17)30-24(34)14-36-5/h10-13,15,17,19H,6-9,14H2,1-5H3,(H,30,34)(H,29,31,35). The number of nitrogens with one attached hydrogen (secondary N) is 2. The van der Waals surface area contributed by atoms with Crippen LogP contribution in [0.25, 0.3) is 22.0 Å². The van der Waals surface area contributed by atoms with Gasteiger partial charge < -0.3 is 15.4 Å². The Morgan fingerprint density at radius 2 is 2.03 bits per heavy atom. The van der Waals surface area contributed by atoms with Gasteiger partial charge in [0, 0.05) is 43.4 Å². The first-order valence-electron chi connectivity index (χ1n) is 12.4. The van der Waals surface area contributed by atoms with Gasteiger partial charge in [0.25, 0.3) is 0 Å². The van der Waals surface area contributed by atoms with Crippen LogP contribution in [0.4, 0.5) is 10.2 Å². The number of carbonyl (C=O) groups is 2. The molecule has 2 N–H and O–H groups in total. The highest BCUT2D eigenvalue weighted by Gasteiger charge is 2.28. The summed E-state index contributed by atoms with van der Waals surface area (Å²) in [5.41, 5.74) is 3.71. The molecule has 1 fully saturated rings. The lowest BCUT2D eigenvalue weighted by Gasteiger charge is -2.29. The van der Waals surface area contributed by atoms with Crippen LogP contribution in [0.5, 0.6) is 0 Å². The molecule has 0 radical (unpaired) electrons. The van der Waals surface area contributed by atoms with E-state index in [1.807, 2.05) is 20.0 Å². The minimum Gasteiger partial charge on any atom is -0.375 e. The topological polar surface area (TPSA) is 98.1 Å². The Hall–Kier alpha value is -3.33. The Labute approximate surface area is 210 Å². The van der Waals surface area contributed by atoms with Crippen molar-refractivity contribution in [2.24, 2.45) is 13.0 Å². The van der Waals surface area contributed by atoms with Gasteiger partial charge in [-0.2, -0.15) is 5.10 Å². The zero-order valence-electron chi connectivity index (χ0n) is 21.5. The molecule has 0 aliphatic heterocycles. The van der Waals surface area contributed by atoms with Crippen LogP contribution in [-0.4, -0.2) is 46.3 Å². The van der Waals surface area contributed by atoms with Crippen LogP contribution in [0.2, 0.25) is 0 Å². The van der Waals surface area contributed by atoms with Gasteiger partial charge >= 0.3 is 0 Å². The number of nitrogens with zero attached hydrogens (tertiary/aromatic N) is 3. The molecule has 1 aliphatic rings. The lowest BCUT2D eigenvalue weighted by atomic mass is 9.85. The number of rotatable bonds is 7. The van der Waals surface area contributed by atoms with E-state index in [0.29, 0.717) is 23.3 Å². The van der Waals surface area contributed by atoms with E-state index in [-0.39, 0.29) is 42.1 Å². The quantitative estimate of drug-likeness (QED) is 0.504. The van der Waals surface area contributed by atoms with E-state index in [9.17, 15) is 9.59 Å². The molecule has 1 aromatic carbocycles. The van der Waals surface area contributed by atoms with Crippen molar-refractivity contribution in [3.05, 3.63) is 41.5 Å².